The number of aromatic nitrogens is 1. The molecule has 8 nitrogen and oxygen atoms in total. The molecule has 2 heterocycles. The summed E-state index contributed by atoms with van der Waals surface area (Å²) in [5.74, 6) is -0.573. The summed E-state index contributed by atoms with van der Waals surface area (Å²) in [5, 5.41) is 2.11. The third kappa shape index (κ3) is 2.11. The van der Waals surface area contributed by atoms with Crippen molar-refractivity contribution in [2.45, 2.75) is 0 Å². The van der Waals surface area contributed by atoms with Gasteiger partial charge >= 0.3 is 0 Å². The number of amides is 2. The highest BCUT2D eigenvalue weighted by molar-refractivity contribution is 6.23. The van der Waals surface area contributed by atoms with E-state index in [-0.39, 0.29) is 16.9 Å². The van der Waals surface area contributed by atoms with Gasteiger partial charge in [0, 0.05) is 12.1 Å². The molecule has 0 atom stereocenters. The molecule has 0 saturated carbocycles. The molecular weight excluding hydrogens is 302 g/mol. The van der Waals surface area contributed by atoms with E-state index in [4.69, 9.17) is 15.2 Å². The largest absolute Gasteiger partial charge is 0.497 e. The molecule has 118 valence electrons. The van der Waals surface area contributed by atoms with Gasteiger partial charge < -0.3 is 15.2 Å². The quantitative estimate of drug-likeness (QED) is 0.789. The van der Waals surface area contributed by atoms with Crippen molar-refractivity contribution in [2.75, 3.05) is 20.0 Å². The lowest BCUT2D eigenvalue weighted by Crippen LogP contribution is -2.24. The number of anilines is 1. The number of methoxy groups -OCH3 is 2. The number of carbonyl (C=O) groups is 2. The summed E-state index contributed by atoms with van der Waals surface area (Å²) in [5.41, 5.74) is 5.68. The van der Waals surface area contributed by atoms with Crippen LogP contribution in [0.15, 0.2) is 29.1 Å². The fourth-order valence-corrected chi connectivity index (χ4v) is 2.50. The Morgan fingerprint density at radius 1 is 1.04 bits per heavy atom. The van der Waals surface area contributed by atoms with E-state index in [9.17, 15) is 14.4 Å². The first-order valence-corrected chi connectivity index (χ1v) is 6.61. The number of ether oxygens (including phenoxy) is 2. The average molecular weight is 315 g/mol. The number of hydrogen-bond donors (Lipinski definition) is 2. The molecule has 1 aromatic carbocycles. The molecular formula is C15H13N3O5. The lowest BCUT2D eigenvalue weighted by Gasteiger charge is -2.15. The minimum absolute atomic E-state index is 0.0283. The zero-order valence-corrected chi connectivity index (χ0v) is 12.4. The summed E-state index contributed by atoms with van der Waals surface area (Å²) in [6.07, 6.45) is 0. The van der Waals surface area contributed by atoms with Gasteiger partial charge in [0.15, 0.2) is 0 Å². The molecule has 0 aliphatic carbocycles. The van der Waals surface area contributed by atoms with Crippen molar-refractivity contribution in [1.29, 1.82) is 0 Å². The normalized spacial score (nSPS) is 12.8. The first kappa shape index (κ1) is 14.6. The number of nitrogen functional groups attached to an aromatic ring is 1. The molecule has 2 aromatic rings. The van der Waals surface area contributed by atoms with Crippen LogP contribution < -0.4 is 26.1 Å². The standard InChI is InChI=1S/C15H13N3O5/c1-22-7-3-4-10(23-2)9(5-7)18-11(19)6-8-12(13(18)16)15(21)17-14(8)20/h3-6H,16H2,1-2H3,(H,17,20,21). The van der Waals surface area contributed by atoms with Crippen LogP contribution in [0.4, 0.5) is 5.82 Å². The summed E-state index contributed by atoms with van der Waals surface area (Å²) in [7, 11) is 2.92. The Bertz CT molecular complexity index is 901. The molecule has 0 saturated heterocycles. The molecule has 1 aliphatic heterocycles. The van der Waals surface area contributed by atoms with E-state index in [1.807, 2.05) is 0 Å². The Morgan fingerprint density at radius 3 is 2.43 bits per heavy atom. The number of benzene rings is 1. The van der Waals surface area contributed by atoms with Gasteiger partial charge in [-0.25, -0.2) is 0 Å². The molecule has 0 radical (unpaired) electrons. The van der Waals surface area contributed by atoms with Gasteiger partial charge in [-0.1, -0.05) is 0 Å². The number of hydrogen-bond acceptors (Lipinski definition) is 6. The van der Waals surface area contributed by atoms with Crippen molar-refractivity contribution in [3.05, 3.63) is 45.7 Å². The van der Waals surface area contributed by atoms with Gasteiger partial charge in [-0.2, -0.15) is 0 Å². The SMILES string of the molecule is COc1ccc(OC)c(-n2c(N)c3c(cc2=O)C(=O)NC3=O)c1. The lowest BCUT2D eigenvalue weighted by molar-refractivity contribution is 0.0880. The molecule has 23 heavy (non-hydrogen) atoms. The van der Waals surface area contributed by atoms with E-state index in [1.165, 1.54) is 14.2 Å². The minimum Gasteiger partial charge on any atom is -0.497 e. The minimum atomic E-state index is -0.641. The highest BCUT2D eigenvalue weighted by atomic mass is 16.5. The van der Waals surface area contributed by atoms with E-state index in [2.05, 4.69) is 5.32 Å². The summed E-state index contributed by atoms with van der Waals surface area (Å²) in [4.78, 5) is 36.0. The molecule has 3 N–H and O–H groups in total. The summed E-state index contributed by atoms with van der Waals surface area (Å²) >= 11 is 0. The van der Waals surface area contributed by atoms with Crippen molar-refractivity contribution in [3.8, 4) is 17.2 Å². The van der Waals surface area contributed by atoms with Crippen LogP contribution in [-0.2, 0) is 0 Å². The molecule has 1 aromatic heterocycles. The van der Waals surface area contributed by atoms with Gasteiger partial charge in [0.05, 0.1) is 31.0 Å². The zero-order valence-electron chi connectivity index (χ0n) is 12.4. The Hall–Kier alpha value is -3.29. The highest BCUT2D eigenvalue weighted by Crippen LogP contribution is 2.30. The second-order valence-electron chi connectivity index (χ2n) is 4.81. The summed E-state index contributed by atoms with van der Waals surface area (Å²) < 4.78 is 11.5. The van der Waals surface area contributed by atoms with Crippen LogP contribution in [-0.4, -0.2) is 30.6 Å². The zero-order chi connectivity index (χ0) is 16.7. The molecule has 0 bridgehead atoms. The Balaban J connectivity index is 2.35. The predicted octanol–water partition coefficient (Wildman–Crippen LogP) is 0.320. The van der Waals surface area contributed by atoms with Gasteiger partial charge in [0.1, 0.15) is 17.3 Å². The molecule has 0 fully saturated rings. The maximum atomic E-state index is 12.4. The second kappa shape index (κ2) is 5.16. The third-order valence-electron chi connectivity index (χ3n) is 3.58. The highest BCUT2D eigenvalue weighted by Gasteiger charge is 2.32. The van der Waals surface area contributed by atoms with Gasteiger partial charge in [-0.05, 0) is 12.1 Å². The Kier molecular flexibility index (Phi) is 3.29. The number of pyridine rings is 1. The van der Waals surface area contributed by atoms with E-state index in [0.717, 1.165) is 10.6 Å². The first-order valence-electron chi connectivity index (χ1n) is 6.61. The maximum Gasteiger partial charge on any atom is 0.262 e. The average Bonchev–Trinajstić information content (AvgIpc) is 2.81. The van der Waals surface area contributed by atoms with Crippen LogP contribution >= 0.6 is 0 Å². The fourth-order valence-electron chi connectivity index (χ4n) is 2.50. The monoisotopic (exact) mass is 315 g/mol. The van der Waals surface area contributed by atoms with Crippen LogP contribution in [0.2, 0.25) is 0 Å². The lowest BCUT2D eigenvalue weighted by atomic mass is 10.1. The van der Waals surface area contributed by atoms with Crippen LogP contribution in [0.5, 0.6) is 11.5 Å². The van der Waals surface area contributed by atoms with Crippen LogP contribution in [0.1, 0.15) is 20.7 Å². The molecule has 0 spiro atoms. The molecule has 1 aliphatic rings. The third-order valence-corrected chi connectivity index (χ3v) is 3.58. The molecule has 0 unspecified atom stereocenters. The van der Waals surface area contributed by atoms with Crippen molar-refractivity contribution < 1.29 is 19.1 Å². The van der Waals surface area contributed by atoms with Crippen molar-refractivity contribution in [2.24, 2.45) is 0 Å². The predicted molar refractivity (Wildman–Crippen MR) is 81.4 cm³/mol. The Labute approximate surface area is 130 Å². The summed E-state index contributed by atoms with van der Waals surface area (Å²) in [6.45, 7) is 0. The van der Waals surface area contributed by atoms with Crippen molar-refractivity contribution in [1.82, 2.24) is 9.88 Å². The van der Waals surface area contributed by atoms with Crippen molar-refractivity contribution >= 4 is 17.6 Å². The van der Waals surface area contributed by atoms with E-state index < -0.39 is 17.4 Å². The number of nitrogens with zero attached hydrogens (tertiary/aromatic N) is 1. The van der Waals surface area contributed by atoms with Gasteiger partial charge in [0.2, 0.25) is 0 Å². The topological polar surface area (TPSA) is 113 Å². The molecule has 2 amide bonds. The van der Waals surface area contributed by atoms with Gasteiger partial charge in [-0.15, -0.1) is 0 Å². The number of rotatable bonds is 3. The van der Waals surface area contributed by atoms with Crippen LogP contribution in [0, 0.1) is 0 Å². The number of carbonyl (C=O) groups excluding carboxylic acids is 2. The van der Waals surface area contributed by atoms with Gasteiger partial charge in [-0.3, -0.25) is 24.3 Å². The van der Waals surface area contributed by atoms with Crippen LogP contribution in [0.25, 0.3) is 5.69 Å². The smallest absolute Gasteiger partial charge is 0.262 e. The summed E-state index contributed by atoms with van der Waals surface area (Å²) in [6, 6.07) is 5.90. The number of nitrogens with two attached hydrogens (primary N) is 1. The van der Waals surface area contributed by atoms with Crippen LogP contribution in [0.3, 0.4) is 0 Å². The fraction of sp³-hybridized carbons (Fsp3) is 0.133. The van der Waals surface area contributed by atoms with E-state index in [0.29, 0.717) is 17.2 Å². The number of nitrogens with one attached hydrogen (secondary N) is 1. The molecule has 3 rings (SSSR count). The second-order valence-corrected chi connectivity index (χ2v) is 4.81. The number of imide groups is 1. The van der Waals surface area contributed by atoms with E-state index >= 15 is 0 Å². The molecule has 8 heteroatoms. The Morgan fingerprint density at radius 2 is 1.78 bits per heavy atom. The van der Waals surface area contributed by atoms with Crippen molar-refractivity contribution in [3.63, 3.8) is 0 Å². The van der Waals surface area contributed by atoms with Gasteiger partial charge in [0.25, 0.3) is 17.4 Å². The van der Waals surface area contributed by atoms with E-state index in [1.54, 1.807) is 18.2 Å². The number of fused-ring (bicyclic) bond motifs is 1. The maximum absolute atomic E-state index is 12.4. The first-order chi connectivity index (χ1) is 11.0.